The van der Waals surface area contributed by atoms with Crippen LogP contribution in [0.15, 0.2) is 12.2 Å². The third-order valence-corrected chi connectivity index (χ3v) is 5.53. The van der Waals surface area contributed by atoms with E-state index in [2.05, 4.69) is 31.3 Å². The van der Waals surface area contributed by atoms with Crippen LogP contribution in [0.3, 0.4) is 0 Å². The van der Waals surface area contributed by atoms with Crippen LogP contribution in [0, 0.1) is 0 Å². The third kappa shape index (κ3) is 18.9. The lowest BCUT2D eigenvalue weighted by atomic mass is 10.0. The molecule has 0 aliphatic heterocycles. The Morgan fingerprint density at radius 1 is 0.793 bits per heavy atom. The van der Waals surface area contributed by atoms with Gasteiger partial charge >= 0.3 is 0 Å². The minimum Gasteiger partial charge on any atom is -0.394 e. The van der Waals surface area contributed by atoms with Crippen molar-refractivity contribution in [3.05, 3.63) is 12.2 Å². The van der Waals surface area contributed by atoms with Crippen LogP contribution in [-0.4, -0.2) is 34.9 Å². The van der Waals surface area contributed by atoms with Gasteiger partial charge in [0.25, 0.3) is 0 Å². The molecule has 2 atom stereocenters. The number of rotatable bonds is 21. The van der Waals surface area contributed by atoms with E-state index in [-0.39, 0.29) is 12.5 Å². The summed E-state index contributed by atoms with van der Waals surface area (Å²) in [6.45, 7) is 4.17. The van der Waals surface area contributed by atoms with Crippen LogP contribution in [-0.2, 0) is 4.79 Å². The van der Waals surface area contributed by atoms with Gasteiger partial charge in [-0.25, -0.2) is 0 Å². The highest BCUT2D eigenvalue weighted by atomic mass is 16.3. The average Bonchev–Trinajstić information content (AvgIpc) is 2.72. The number of unbranched alkanes of at least 4 members (excludes halogenated alkanes) is 12. The third-order valence-electron chi connectivity index (χ3n) is 5.53. The number of nitrogens with one attached hydrogen (secondary N) is 1. The van der Waals surface area contributed by atoms with Crippen LogP contribution in [0.5, 0.6) is 0 Å². The van der Waals surface area contributed by atoms with E-state index in [1.807, 2.05) is 0 Å². The zero-order valence-electron chi connectivity index (χ0n) is 19.3. The lowest BCUT2D eigenvalue weighted by molar-refractivity contribution is -0.123. The zero-order chi connectivity index (χ0) is 21.6. The second kappa shape index (κ2) is 21.8. The molecule has 0 aliphatic carbocycles. The van der Waals surface area contributed by atoms with E-state index in [0.29, 0.717) is 12.8 Å². The molecular formula is C25H49NO3. The van der Waals surface area contributed by atoms with E-state index in [4.69, 9.17) is 0 Å². The van der Waals surface area contributed by atoms with Gasteiger partial charge in [0.2, 0.25) is 5.91 Å². The molecule has 4 heteroatoms. The number of aliphatic hydroxyl groups excluding tert-OH is 2. The van der Waals surface area contributed by atoms with Gasteiger partial charge in [0.1, 0.15) is 0 Å². The highest BCUT2D eigenvalue weighted by Gasteiger charge is 2.19. The quantitative estimate of drug-likeness (QED) is 0.159. The number of amides is 1. The maximum absolute atomic E-state index is 12.0. The topological polar surface area (TPSA) is 69.6 Å². The number of carbonyl (C=O) groups is 1. The van der Waals surface area contributed by atoms with Crippen molar-refractivity contribution in [3.63, 3.8) is 0 Å². The average molecular weight is 412 g/mol. The predicted octanol–water partition coefficient (Wildman–Crippen LogP) is 6.05. The predicted molar refractivity (Wildman–Crippen MR) is 124 cm³/mol. The zero-order valence-corrected chi connectivity index (χ0v) is 19.3. The fourth-order valence-corrected chi connectivity index (χ4v) is 3.53. The summed E-state index contributed by atoms with van der Waals surface area (Å²) in [6.07, 6.45) is 22.9. The van der Waals surface area contributed by atoms with Crippen molar-refractivity contribution in [3.8, 4) is 0 Å². The molecule has 0 aliphatic rings. The molecule has 0 saturated carbocycles. The largest absolute Gasteiger partial charge is 0.394 e. The van der Waals surface area contributed by atoms with E-state index in [9.17, 15) is 15.0 Å². The van der Waals surface area contributed by atoms with Gasteiger partial charge in [0, 0.05) is 6.42 Å². The maximum atomic E-state index is 12.0. The first kappa shape index (κ1) is 28.1. The molecule has 4 nitrogen and oxygen atoms in total. The summed E-state index contributed by atoms with van der Waals surface area (Å²) in [5, 5.41) is 22.3. The molecule has 0 saturated heterocycles. The first-order valence-electron chi connectivity index (χ1n) is 12.4. The Morgan fingerprint density at radius 3 is 1.90 bits per heavy atom. The molecule has 0 aromatic rings. The van der Waals surface area contributed by atoms with Gasteiger partial charge in [-0.2, -0.15) is 0 Å². The number of aliphatic hydroxyl groups is 2. The monoisotopic (exact) mass is 411 g/mol. The van der Waals surface area contributed by atoms with Crippen molar-refractivity contribution in [2.24, 2.45) is 0 Å². The summed E-state index contributed by atoms with van der Waals surface area (Å²) in [5.74, 6) is -0.0551. The number of hydrogen-bond acceptors (Lipinski definition) is 3. The fourth-order valence-electron chi connectivity index (χ4n) is 3.53. The molecule has 1 amide bonds. The lowest BCUT2D eigenvalue weighted by Crippen LogP contribution is -2.45. The Morgan fingerprint density at radius 2 is 1.31 bits per heavy atom. The Labute approximate surface area is 180 Å². The van der Waals surface area contributed by atoms with Gasteiger partial charge in [-0.15, -0.1) is 0 Å². The van der Waals surface area contributed by atoms with Crippen molar-refractivity contribution in [1.29, 1.82) is 0 Å². The Balaban J connectivity index is 3.56. The van der Waals surface area contributed by atoms with Crippen molar-refractivity contribution in [1.82, 2.24) is 5.32 Å². The number of allylic oxidation sites excluding steroid dienone is 2. The smallest absolute Gasteiger partial charge is 0.220 e. The van der Waals surface area contributed by atoms with Crippen LogP contribution < -0.4 is 5.32 Å². The van der Waals surface area contributed by atoms with Gasteiger partial charge in [0.15, 0.2) is 0 Å². The van der Waals surface area contributed by atoms with Gasteiger partial charge in [-0.3, -0.25) is 4.79 Å². The second-order valence-corrected chi connectivity index (χ2v) is 8.40. The highest BCUT2D eigenvalue weighted by molar-refractivity contribution is 5.76. The molecule has 0 spiro atoms. The molecule has 0 rings (SSSR count). The summed E-state index contributed by atoms with van der Waals surface area (Å²) >= 11 is 0. The van der Waals surface area contributed by atoms with Crippen LogP contribution in [0.25, 0.3) is 0 Å². The normalized spacial score (nSPS) is 13.7. The van der Waals surface area contributed by atoms with Crippen molar-refractivity contribution < 1.29 is 15.0 Å². The number of carbonyl (C=O) groups excluding carboxylic acids is 1. The van der Waals surface area contributed by atoms with Crippen LogP contribution in [0.2, 0.25) is 0 Å². The van der Waals surface area contributed by atoms with Gasteiger partial charge in [-0.05, 0) is 38.5 Å². The first-order chi connectivity index (χ1) is 14.2. The minimum atomic E-state index is -0.653. The van der Waals surface area contributed by atoms with E-state index in [1.54, 1.807) is 0 Å². The Kier molecular flexibility index (Phi) is 21.2. The summed E-state index contributed by atoms with van der Waals surface area (Å²) in [6, 6.07) is -0.530. The summed E-state index contributed by atoms with van der Waals surface area (Å²) in [4.78, 5) is 12.0. The molecule has 0 bridgehead atoms. The van der Waals surface area contributed by atoms with E-state index >= 15 is 0 Å². The van der Waals surface area contributed by atoms with Gasteiger partial charge in [0.05, 0.1) is 18.8 Å². The Bertz CT molecular complexity index is 384. The van der Waals surface area contributed by atoms with Crippen molar-refractivity contribution in [2.45, 2.75) is 135 Å². The van der Waals surface area contributed by atoms with E-state index in [0.717, 1.165) is 32.1 Å². The summed E-state index contributed by atoms with van der Waals surface area (Å²) < 4.78 is 0. The first-order valence-corrected chi connectivity index (χ1v) is 12.4. The molecule has 3 N–H and O–H groups in total. The lowest BCUT2D eigenvalue weighted by Gasteiger charge is -2.22. The molecular weight excluding hydrogens is 362 g/mol. The Hall–Kier alpha value is -0.870. The van der Waals surface area contributed by atoms with E-state index in [1.165, 1.54) is 64.2 Å². The minimum absolute atomic E-state index is 0.0551. The van der Waals surface area contributed by atoms with Gasteiger partial charge < -0.3 is 15.5 Å². The van der Waals surface area contributed by atoms with Crippen LogP contribution >= 0.6 is 0 Å². The molecule has 2 unspecified atom stereocenters. The standard InChI is InChI=1S/C25H49NO3/c1-3-5-7-8-9-10-11-12-13-14-15-16-17-19-21-25(29)26-23(22-27)24(28)20-18-6-4-2/h11-12,23-24,27-28H,3-10,13-22H2,1-2H3,(H,26,29)/b12-11-. The molecule has 0 aromatic heterocycles. The van der Waals surface area contributed by atoms with Crippen molar-refractivity contribution in [2.75, 3.05) is 6.61 Å². The van der Waals surface area contributed by atoms with Gasteiger partial charge in [-0.1, -0.05) is 90.2 Å². The molecule has 0 heterocycles. The second-order valence-electron chi connectivity index (χ2n) is 8.40. The maximum Gasteiger partial charge on any atom is 0.220 e. The molecule has 172 valence electrons. The molecule has 0 radical (unpaired) electrons. The highest BCUT2D eigenvalue weighted by Crippen LogP contribution is 2.10. The molecule has 0 fully saturated rings. The summed E-state index contributed by atoms with van der Waals surface area (Å²) in [7, 11) is 0. The van der Waals surface area contributed by atoms with Crippen molar-refractivity contribution >= 4 is 5.91 Å². The fraction of sp³-hybridized carbons (Fsp3) is 0.880. The van der Waals surface area contributed by atoms with Crippen LogP contribution in [0.4, 0.5) is 0 Å². The summed E-state index contributed by atoms with van der Waals surface area (Å²) in [5.41, 5.74) is 0. The molecule has 29 heavy (non-hydrogen) atoms. The van der Waals surface area contributed by atoms with Crippen LogP contribution in [0.1, 0.15) is 123 Å². The number of hydrogen-bond donors (Lipinski definition) is 3. The SMILES string of the molecule is CCCCCCC/C=C\CCCCCCCC(=O)NC(CO)C(O)CCCCC. The van der Waals surface area contributed by atoms with E-state index < -0.39 is 12.1 Å². The molecule has 0 aromatic carbocycles.